The summed E-state index contributed by atoms with van der Waals surface area (Å²) in [7, 11) is 0. The van der Waals surface area contributed by atoms with E-state index < -0.39 is 0 Å². The molecule has 0 atom stereocenters. The SMILES string of the molecule is N#[N+]c1ccccc1Nc1cccc2ccccc12.[Cl-]. The molecule has 0 aromatic heterocycles. The van der Waals surface area contributed by atoms with Crippen LogP contribution in [-0.2, 0) is 0 Å². The highest BCUT2D eigenvalue weighted by Crippen LogP contribution is 2.31. The molecule has 98 valence electrons. The van der Waals surface area contributed by atoms with Crippen molar-refractivity contribution < 1.29 is 12.4 Å². The van der Waals surface area contributed by atoms with Crippen molar-refractivity contribution in [3.8, 4) is 0 Å². The van der Waals surface area contributed by atoms with Crippen LogP contribution in [-0.4, -0.2) is 0 Å². The van der Waals surface area contributed by atoms with E-state index in [4.69, 9.17) is 5.39 Å². The zero-order chi connectivity index (χ0) is 13.1. The van der Waals surface area contributed by atoms with Gasteiger partial charge in [0.25, 0.3) is 0 Å². The van der Waals surface area contributed by atoms with E-state index in [9.17, 15) is 0 Å². The fraction of sp³-hybridized carbons (Fsp3) is 0. The van der Waals surface area contributed by atoms with Crippen molar-refractivity contribution in [3.63, 3.8) is 0 Å². The lowest BCUT2D eigenvalue weighted by Crippen LogP contribution is -3.00. The van der Waals surface area contributed by atoms with Crippen LogP contribution in [0, 0.1) is 5.39 Å². The second-order valence-corrected chi connectivity index (χ2v) is 4.27. The Morgan fingerprint density at radius 2 is 1.40 bits per heavy atom. The number of nitrogens with one attached hydrogen (secondary N) is 1. The van der Waals surface area contributed by atoms with Crippen molar-refractivity contribution in [1.82, 2.24) is 0 Å². The number of halogens is 1. The molecule has 20 heavy (non-hydrogen) atoms. The predicted octanol–water partition coefficient (Wildman–Crippen LogP) is 2.07. The first-order valence-electron chi connectivity index (χ1n) is 6.07. The number of rotatable bonds is 2. The van der Waals surface area contributed by atoms with E-state index in [2.05, 4.69) is 28.5 Å². The Morgan fingerprint density at radius 3 is 2.25 bits per heavy atom. The van der Waals surface area contributed by atoms with E-state index in [0.717, 1.165) is 16.8 Å². The molecule has 0 saturated carbocycles. The van der Waals surface area contributed by atoms with Gasteiger partial charge in [-0.15, -0.1) is 0 Å². The third-order valence-corrected chi connectivity index (χ3v) is 3.07. The molecule has 1 N–H and O–H groups in total. The number of hydrogen-bond donors (Lipinski definition) is 1. The highest BCUT2D eigenvalue weighted by molar-refractivity contribution is 5.96. The van der Waals surface area contributed by atoms with Crippen LogP contribution in [0.25, 0.3) is 15.7 Å². The quantitative estimate of drug-likeness (QED) is 0.731. The number of benzene rings is 3. The van der Waals surface area contributed by atoms with E-state index in [1.807, 2.05) is 42.5 Å². The molecule has 0 radical (unpaired) electrons. The molecular formula is C16H12ClN3. The van der Waals surface area contributed by atoms with Crippen molar-refractivity contribution >= 4 is 27.8 Å². The fourth-order valence-electron chi connectivity index (χ4n) is 2.15. The minimum Gasteiger partial charge on any atom is -1.00 e. The Balaban J connectivity index is 0.00000147. The highest BCUT2D eigenvalue weighted by Gasteiger charge is 2.12. The van der Waals surface area contributed by atoms with Gasteiger partial charge >= 0.3 is 5.69 Å². The van der Waals surface area contributed by atoms with Crippen LogP contribution in [0.15, 0.2) is 66.7 Å². The maximum absolute atomic E-state index is 8.99. The molecule has 3 rings (SSSR count). The smallest absolute Gasteiger partial charge is 0.408 e. The van der Waals surface area contributed by atoms with Gasteiger partial charge in [-0.2, -0.15) is 0 Å². The van der Waals surface area contributed by atoms with Gasteiger partial charge in [0.05, 0.1) is 0 Å². The highest BCUT2D eigenvalue weighted by atomic mass is 35.5. The zero-order valence-corrected chi connectivity index (χ0v) is 11.4. The van der Waals surface area contributed by atoms with Crippen LogP contribution in [0.5, 0.6) is 0 Å². The van der Waals surface area contributed by atoms with Crippen LogP contribution in [0.1, 0.15) is 0 Å². The van der Waals surface area contributed by atoms with Crippen LogP contribution < -0.4 is 17.7 Å². The van der Waals surface area contributed by atoms with Crippen molar-refractivity contribution in [2.24, 2.45) is 0 Å². The van der Waals surface area contributed by atoms with Gasteiger partial charge in [0.1, 0.15) is 5.69 Å². The molecule has 4 heteroatoms. The van der Waals surface area contributed by atoms with Crippen molar-refractivity contribution in [2.75, 3.05) is 5.32 Å². The van der Waals surface area contributed by atoms with Gasteiger partial charge in [0.2, 0.25) is 5.39 Å². The van der Waals surface area contributed by atoms with Gasteiger partial charge in [-0.3, -0.25) is 0 Å². The summed E-state index contributed by atoms with van der Waals surface area (Å²) in [6.07, 6.45) is 0. The second-order valence-electron chi connectivity index (χ2n) is 4.27. The Morgan fingerprint density at radius 1 is 0.750 bits per heavy atom. The second kappa shape index (κ2) is 6.05. The molecule has 0 fully saturated rings. The molecule has 0 bridgehead atoms. The van der Waals surface area contributed by atoms with Crippen molar-refractivity contribution in [3.05, 3.63) is 71.7 Å². The fourth-order valence-corrected chi connectivity index (χ4v) is 2.15. The molecule has 0 unspecified atom stereocenters. The summed E-state index contributed by atoms with van der Waals surface area (Å²) in [6, 6.07) is 21.6. The zero-order valence-electron chi connectivity index (χ0n) is 10.6. The molecule has 0 heterocycles. The maximum atomic E-state index is 8.99. The lowest BCUT2D eigenvalue weighted by atomic mass is 10.1. The van der Waals surface area contributed by atoms with Gasteiger partial charge < -0.3 is 17.7 Å². The number of nitrogens with zero attached hydrogens (tertiary/aromatic N) is 2. The van der Waals surface area contributed by atoms with Crippen LogP contribution >= 0.6 is 0 Å². The summed E-state index contributed by atoms with van der Waals surface area (Å²) < 4.78 is 0. The third kappa shape index (κ3) is 2.56. The lowest BCUT2D eigenvalue weighted by Gasteiger charge is -2.08. The standard InChI is InChI=1S/C16H12N3.ClH/c17-19-16-10-4-3-9-15(16)18-14-11-5-7-12-6-1-2-8-13(12)14;/h1-11,18H;1H/q+1;/p-1. The van der Waals surface area contributed by atoms with E-state index in [0.29, 0.717) is 5.69 Å². The molecule has 0 aliphatic carbocycles. The van der Waals surface area contributed by atoms with Crippen molar-refractivity contribution in [1.29, 1.82) is 5.39 Å². The molecule has 0 saturated heterocycles. The van der Waals surface area contributed by atoms with Gasteiger partial charge in [0.15, 0.2) is 4.98 Å². The minimum atomic E-state index is 0. The average molecular weight is 282 g/mol. The topological polar surface area (TPSA) is 40.2 Å². The average Bonchev–Trinajstić information content (AvgIpc) is 2.48. The molecule has 3 aromatic rings. The Kier molecular flexibility index (Phi) is 4.19. The first-order chi connectivity index (χ1) is 9.38. The number of fused-ring (bicyclic) bond motifs is 1. The van der Waals surface area contributed by atoms with Crippen LogP contribution in [0.3, 0.4) is 0 Å². The van der Waals surface area contributed by atoms with Gasteiger partial charge in [-0.25, -0.2) is 0 Å². The van der Waals surface area contributed by atoms with Gasteiger partial charge in [-0.1, -0.05) is 48.5 Å². The van der Waals surface area contributed by atoms with E-state index >= 15 is 0 Å². The maximum Gasteiger partial charge on any atom is 0.408 e. The van der Waals surface area contributed by atoms with E-state index in [1.54, 1.807) is 6.07 Å². The van der Waals surface area contributed by atoms with E-state index in [1.165, 1.54) is 5.39 Å². The minimum absolute atomic E-state index is 0. The number of para-hydroxylation sites is 1. The predicted molar refractivity (Wildman–Crippen MR) is 78.4 cm³/mol. The summed E-state index contributed by atoms with van der Waals surface area (Å²) in [4.78, 5) is 3.28. The van der Waals surface area contributed by atoms with Crippen LogP contribution in [0.2, 0.25) is 0 Å². The number of anilines is 2. The van der Waals surface area contributed by atoms with E-state index in [-0.39, 0.29) is 12.4 Å². The Bertz CT molecular complexity index is 773. The summed E-state index contributed by atoms with van der Waals surface area (Å²) in [6.45, 7) is 0. The molecule has 0 aliphatic heterocycles. The lowest BCUT2D eigenvalue weighted by molar-refractivity contribution is -0.00000386. The molecule has 3 aromatic carbocycles. The summed E-state index contributed by atoms with van der Waals surface area (Å²) in [5.74, 6) is 0. The molecule has 0 spiro atoms. The molecule has 0 amide bonds. The molecule has 3 nitrogen and oxygen atoms in total. The number of diazo groups is 1. The monoisotopic (exact) mass is 281 g/mol. The normalized spacial score (nSPS) is 9.55. The summed E-state index contributed by atoms with van der Waals surface area (Å²) in [5, 5.41) is 14.6. The summed E-state index contributed by atoms with van der Waals surface area (Å²) >= 11 is 0. The largest absolute Gasteiger partial charge is 1.00 e. The first kappa shape index (κ1) is 13.9. The van der Waals surface area contributed by atoms with Gasteiger partial charge in [0, 0.05) is 17.1 Å². The first-order valence-corrected chi connectivity index (χ1v) is 6.07. The van der Waals surface area contributed by atoms with Gasteiger partial charge in [-0.05, 0) is 17.5 Å². The Hall–Kier alpha value is -2.57. The summed E-state index contributed by atoms with van der Waals surface area (Å²) in [5.41, 5.74) is 2.30. The molecule has 0 aliphatic rings. The number of hydrogen-bond acceptors (Lipinski definition) is 2. The van der Waals surface area contributed by atoms with Crippen LogP contribution in [0.4, 0.5) is 17.1 Å². The third-order valence-electron chi connectivity index (χ3n) is 3.07. The molecular weight excluding hydrogens is 270 g/mol. The van der Waals surface area contributed by atoms with Crippen molar-refractivity contribution in [2.45, 2.75) is 0 Å². The Labute approximate surface area is 123 Å².